The third-order valence-electron chi connectivity index (χ3n) is 6.49. The highest BCUT2D eigenvalue weighted by atomic mass is 33.1. The molecule has 25 heteroatoms. The fourth-order valence-corrected chi connectivity index (χ4v) is 8.22. The lowest BCUT2D eigenvalue weighted by Crippen LogP contribution is -2.64. The summed E-state index contributed by atoms with van der Waals surface area (Å²) in [5, 5.41) is 53.8. The molecule has 2 fully saturated rings. The largest absolute Gasteiger partial charge is 0.483 e. The van der Waals surface area contributed by atoms with Crippen molar-refractivity contribution in [3.63, 3.8) is 0 Å². The molecule has 0 saturated carbocycles. The van der Waals surface area contributed by atoms with Crippen LogP contribution in [0.3, 0.4) is 0 Å². The Kier molecular flexibility index (Phi) is 13.0. The van der Waals surface area contributed by atoms with E-state index in [0.29, 0.717) is 5.03 Å². The number of aromatic amines is 1. The number of nitrogens with one attached hydrogen (secondary N) is 2. The Morgan fingerprint density at radius 1 is 1.02 bits per heavy atom. The molecule has 11 unspecified atom stereocenters. The molecular weight excluding hydrogens is 718 g/mol. The number of hydrogen-bond donors (Lipinski definition) is 9. The summed E-state index contributed by atoms with van der Waals surface area (Å²) < 4.78 is 50.3. The van der Waals surface area contributed by atoms with E-state index in [1.165, 1.54) is 6.20 Å². The Morgan fingerprint density at radius 3 is 2.40 bits per heavy atom. The smallest absolute Gasteiger partial charge is 0.394 e. The second-order valence-corrected chi connectivity index (χ2v) is 15.1. The molecule has 262 valence electrons. The van der Waals surface area contributed by atoms with Crippen LogP contribution in [0, 0.1) is 0 Å². The summed E-state index contributed by atoms with van der Waals surface area (Å²) in [6, 6.07) is 4.27. The van der Waals surface area contributed by atoms with Crippen LogP contribution in [0.2, 0.25) is 0 Å². The minimum absolute atomic E-state index is 0.245. The van der Waals surface area contributed by atoms with Gasteiger partial charge in [-0.2, -0.15) is 4.31 Å². The molecular formula is C22H30N4O17P2S2. The number of pyridine rings is 1. The van der Waals surface area contributed by atoms with Gasteiger partial charge in [0, 0.05) is 18.5 Å². The predicted octanol–water partition coefficient (Wildman–Crippen LogP) is -2.83. The Morgan fingerprint density at radius 2 is 1.74 bits per heavy atom. The SMILES string of the molecule is O=C(CSSc1ccccn1)NC1C(OP(=O)(O)OP(=O)(O)OCC2OC(n3ccc(=O)[nH]c3=O)C(O)C2O)OC(CO)C(O)C1O. The third-order valence-corrected chi connectivity index (χ3v) is 11.2. The number of carbonyl (C=O) groups excluding carboxylic acids is 1. The first kappa shape index (κ1) is 37.8. The fraction of sp³-hybridized carbons (Fsp3) is 0.545. The normalized spacial score (nSPS) is 31.9. The molecule has 0 bridgehead atoms. The second-order valence-electron chi connectivity index (χ2n) is 9.80. The molecule has 0 aromatic carbocycles. The summed E-state index contributed by atoms with van der Waals surface area (Å²) in [6.07, 6.45) is -11.8. The van der Waals surface area contributed by atoms with Gasteiger partial charge in [-0.25, -0.2) is 18.9 Å². The van der Waals surface area contributed by atoms with Gasteiger partial charge in [0.25, 0.3) is 5.56 Å². The van der Waals surface area contributed by atoms with Gasteiger partial charge < -0.3 is 50.1 Å². The fourth-order valence-electron chi connectivity index (χ4n) is 4.29. The van der Waals surface area contributed by atoms with Gasteiger partial charge in [0.15, 0.2) is 12.5 Å². The van der Waals surface area contributed by atoms with Gasteiger partial charge in [0.2, 0.25) is 5.91 Å². The highest BCUT2D eigenvalue weighted by molar-refractivity contribution is 8.76. The molecule has 2 aliphatic rings. The maximum Gasteiger partial charge on any atom is 0.483 e. The van der Waals surface area contributed by atoms with Gasteiger partial charge in [-0.05, 0) is 22.9 Å². The summed E-state index contributed by atoms with van der Waals surface area (Å²) in [7, 11) is -9.10. The first-order chi connectivity index (χ1) is 22.1. The van der Waals surface area contributed by atoms with Crippen molar-refractivity contribution >= 4 is 43.1 Å². The number of H-pyrrole nitrogens is 1. The van der Waals surface area contributed by atoms with Gasteiger partial charge in [0.05, 0.1) is 19.0 Å². The summed E-state index contributed by atoms with van der Waals surface area (Å²) in [5.41, 5.74) is -1.76. The van der Waals surface area contributed by atoms with Crippen molar-refractivity contribution in [1.82, 2.24) is 19.9 Å². The quantitative estimate of drug-likeness (QED) is 0.0694. The van der Waals surface area contributed by atoms with Crippen molar-refractivity contribution in [2.24, 2.45) is 0 Å². The number of rotatable bonds is 14. The van der Waals surface area contributed by atoms with Gasteiger partial charge in [0.1, 0.15) is 47.7 Å². The molecule has 2 saturated heterocycles. The molecule has 2 aliphatic heterocycles. The number of ether oxygens (including phenoxy) is 2. The monoisotopic (exact) mass is 748 g/mol. The first-order valence-corrected chi connectivity index (χ1v) is 18.6. The molecule has 4 heterocycles. The van der Waals surface area contributed by atoms with Crippen LogP contribution in [-0.4, -0.2) is 124 Å². The van der Waals surface area contributed by atoms with Crippen molar-refractivity contribution < 1.29 is 72.1 Å². The summed E-state index contributed by atoms with van der Waals surface area (Å²) >= 11 is 0. The van der Waals surface area contributed by atoms with Gasteiger partial charge in [-0.1, -0.05) is 16.9 Å². The molecule has 11 atom stereocenters. The van der Waals surface area contributed by atoms with Crippen LogP contribution >= 0.6 is 37.2 Å². The van der Waals surface area contributed by atoms with Crippen LogP contribution in [0.4, 0.5) is 0 Å². The summed E-state index contributed by atoms with van der Waals surface area (Å²) in [4.78, 5) is 62.2. The zero-order chi connectivity index (χ0) is 34.5. The topological polar surface area (TPSA) is 319 Å². The Labute approximate surface area is 271 Å². The highest BCUT2D eigenvalue weighted by Crippen LogP contribution is 2.61. The van der Waals surface area contributed by atoms with E-state index in [-0.39, 0.29) is 5.75 Å². The van der Waals surface area contributed by atoms with E-state index < -0.39 is 101 Å². The van der Waals surface area contributed by atoms with Crippen molar-refractivity contribution in [2.75, 3.05) is 19.0 Å². The Balaban J connectivity index is 1.37. The highest BCUT2D eigenvalue weighted by Gasteiger charge is 2.50. The van der Waals surface area contributed by atoms with E-state index in [1.807, 2.05) is 4.98 Å². The van der Waals surface area contributed by atoms with Crippen molar-refractivity contribution in [2.45, 2.75) is 60.2 Å². The van der Waals surface area contributed by atoms with Crippen LogP contribution in [0.15, 0.2) is 51.3 Å². The summed E-state index contributed by atoms with van der Waals surface area (Å²) in [5.74, 6) is -1.01. The molecule has 2 aromatic heterocycles. The predicted molar refractivity (Wildman–Crippen MR) is 157 cm³/mol. The van der Waals surface area contributed by atoms with E-state index in [1.54, 1.807) is 18.2 Å². The van der Waals surface area contributed by atoms with Crippen LogP contribution in [-0.2, 0) is 36.8 Å². The minimum atomic E-state index is -5.71. The molecule has 0 radical (unpaired) electrons. The van der Waals surface area contributed by atoms with Crippen LogP contribution in [0.1, 0.15) is 6.23 Å². The van der Waals surface area contributed by atoms with Crippen LogP contribution < -0.4 is 16.6 Å². The lowest BCUT2D eigenvalue weighted by molar-refractivity contribution is -0.247. The molecule has 2 aromatic rings. The maximum atomic E-state index is 12.8. The van der Waals surface area contributed by atoms with E-state index in [4.69, 9.17) is 14.0 Å². The number of nitrogens with zero attached hydrogens (tertiary/aromatic N) is 2. The lowest BCUT2D eigenvalue weighted by atomic mass is 9.97. The van der Waals surface area contributed by atoms with E-state index in [0.717, 1.165) is 38.4 Å². The molecule has 1 amide bonds. The standard InChI is InChI=1S/C22H30N4O17P2S2/c27-7-10-16(30)18(32)15(24-13(29)9-46-47-14-3-1-2-5-23-14)21(41-10)42-45(37,38)43-44(35,36)39-8-11-17(31)19(33)20(40-11)26-6-4-12(28)25-22(26)34/h1-6,10-11,15-21,27,30-33H,7-9H2,(H,24,29)(H,35,36)(H,37,38)(H,25,28,34). The average Bonchev–Trinajstić information content (AvgIpc) is 3.28. The van der Waals surface area contributed by atoms with Crippen molar-refractivity contribution in [1.29, 1.82) is 0 Å². The lowest BCUT2D eigenvalue weighted by Gasteiger charge is -2.42. The number of aromatic nitrogens is 3. The number of aliphatic hydroxyl groups is 5. The summed E-state index contributed by atoms with van der Waals surface area (Å²) in [6.45, 7) is -1.97. The third kappa shape index (κ3) is 10.0. The minimum Gasteiger partial charge on any atom is -0.394 e. The van der Waals surface area contributed by atoms with Crippen LogP contribution in [0.5, 0.6) is 0 Å². The average molecular weight is 749 g/mol. The van der Waals surface area contributed by atoms with Gasteiger partial charge >= 0.3 is 21.3 Å². The number of amides is 1. The Hall–Kier alpha value is -2.02. The first-order valence-electron chi connectivity index (χ1n) is 13.3. The zero-order valence-electron chi connectivity index (χ0n) is 23.6. The molecule has 0 spiro atoms. The van der Waals surface area contributed by atoms with Gasteiger partial charge in [-0.15, -0.1) is 0 Å². The number of carbonyl (C=O) groups is 1. The van der Waals surface area contributed by atoms with E-state index in [9.17, 15) is 58.8 Å². The number of phosphoric acid groups is 2. The molecule has 9 N–H and O–H groups in total. The molecule has 21 nitrogen and oxygen atoms in total. The van der Waals surface area contributed by atoms with Crippen molar-refractivity contribution in [3.8, 4) is 0 Å². The molecule has 4 rings (SSSR count). The maximum absolute atomic E-state index is 12.8. The number of aliphatic hydroxyl groups excluding tert-OH is 5. The van der Waals surface area contributed by atoms with Crippen molar-refractivity contribution in [3.05, 3.63) is 57.5 Å². The van der Waals surface area contributed by atoms with E-state index in [2.05, 4.69) is 19.1 Å². The molecule has 0 aliphatic carbocycles. The number of phosphoric ester groups is 2. The second kappa shape index (κ2) is 16.1. The Bertz CT molecular complexity index is 1590. The zero-order valence-corrected chi connectivity index (χ0v) is 27.0. The van der Waals surface area contributed by atoms with Crippen LogP contribution in [0.25, 0.3) is 0 Å². The van der Waals surface area contributed by atoms with Gasteiger partial charge in [-0.3, -0.25) is 28.2 Å². The molecule has 47 heavy (non-hydrogen) atoms. The number of hydrogen-bond acceptors (Lipinski definition) is 18. The van der Waals surface area contributed by atoms with E-state index >= 15 is 0 Å².